The van der Waals surface area contributed by atoms with E-state index < -0.39 is 0 Å². The van der Waals surface area contributed by atoms with Crippen molar-refractivity contribution in [3.63, 3.8) is 0 Å². The topological polar surface area (TPSA) is 53.0 Å². The van der Waals surface area contributed by atoms with Crippen molar-refractivity contribution in [1.82, 2.24) is 0 Å². The molecule has 100 valence electrons. The van der Waals surface area contributed by atoms with E-state index in [2.05, 4.69) is 24.0 Å². The van der Waals surface area contributed by atoms with E-state index in [0.717, 1.165) is 36.7 Å². The van der Waals surface area contributed by atoms with E-state index in [9.17, 15) is 5.26 Å². The summed E-state index contributed by atoms with van der Waals surface area (Å²) < 4.78 is 0. The fourth-order valence-electron chi connectivity index (χ4n) is 3.71. The van der Waals surface area contributed by atoms with Gasteiger partial charge in [0.1, 0.15) is 6.07 Å². The highest BCUT2D eigenvalue weighted by molar-refractivity contribution is 5.61. The molecule has 0 radical (unpaired) electrons. The third-order valence-electron chi connectivity index (χ3n) is 4.77. The molecule has 0 spiro atoms. The maximum atomic E-state index is 9.28. The predicted octanol–water partition coefficient (Wildman–Crippen LogP) is 2.43. The van der Waals surface area contributed by atoms with Crippen LogP contribution in [0.5, 0.6) is 0 Å². The van der Waals surface area contributed by atoms with Crippen LogP contribution in [0.2, 0.25) is 0 Å². The number of hydrogen-bond donors (Lipinski definition) is 1. The van der Waals surface area contributed by atoms with Crippen LogP contribution in [0.1, 0.15) is 30.4 Å². The molecule has 1 saturated carbocycles. The minimum atomic E-state index is 0.346. The van der Waals surface area contributed by atoms with Crippen LogP contribution in [0.4, 0.5) is 5.69 Å². The van der Waals surface area contributed by atoms with Crippen LogP contribution in [0.3, 0.4) is 0 Å². The molecule has 1 aromatic carbocycles. The number of anilines is 1. The van der Waals surface area contributed by atoms with Gasteiger partial charge in [0.2, 0.25) is 0 Å². The van der Waals surface area contributed by atoms with E-state index in [-0.39, 0.29) is 0 Å². The quantitative estimate of drug-likeness (QED) is 0.838. The highest BCUT2D eigenvalue weighted by atomic mass is 15.2. The summed E-state index contributed by atoms with van der Waals surface area (Å²) in [6.45, 7) is 4.17. The number of nitrogens with zero attached hydrogens (tertiary/aromatic N) is 2. The highest BCUT2D eigenvalue weighted by Gasteiger charge is 2.39. The van der Waals surface area contributed by atoms with Crippen LogP contribution in [0, 0.1) is 30.1 Å². The van der Waals surface area contributed by atoms with Crippen molar-refractivity contribution < 1.29 is 0 Å². The SMILES string of the molecule is Cc1ccc(C#N)c(N2CC3CCCC(N)C3C2)c1. The van der Waals surface area contributed by atoms with Crippen molar-refractivity contribution in [1.29, 1.82) is 5.26 Å². The summed E-state index contributed by atoms with van der Waals surface area (Å²) in [5, 5.41) is 9.28. The largest absolute Gasteiger partial charge is 0.370 e. The molecule has 2 fully saturated rings. The number of aryl methyl sites for hydroxylation is 1. The third kappa shape index (κ3) is 2.21. The fourth-order valence-corrected chi connectivity index (χ4v) is 3.71. The maximum Gasteiger partial charge on any atom is 0.101 e. The minimum Gasteiger partial charge on any atom is -0.370 e. The summed E-state index contributed by atoms with van der Waals surface area (Å²) in [5.74, 6) is 1.33. The Morgan fingerprint density at radius 3 is 2.89 bits per heavy atom. The summed E-state index contributed by atoms with van der Waals surface area (Å²) in [4.78, 5) is 2.38. The fraction of sp³-hybridized carbons (Fsp3) is 0.562. The first-order valence-corrected chi connectivity index (χ1v) is 7.20. The van der Waals surface area contributed by atoms with Crippen molar-refractivity contribution in [2.75, 3.05) is 18.0 Å². The van der Waals surface area contributed by atoms with Gasteiger partial charge in [-0.25, -0.2) is 0 Å². The van der Waals surface area contributed by atoms with Gasteiger partial charge >= 0.3 is 0 Å². The van der Waals surface area contributed by atoms with Gasteiger partial charge in [0.05, 0.1) is 11.3 Å². The Morgan fingerprint density at radius 2 is 2.16 bits per heavy atom. The molecule has 1 aliphatic carbocycles. The van der Waals surface area contributed by atoms with Crippen molar-refractivity contribution in [3.8, 4) is 6.07 Å². The first-order chi connectivity index (χ1) is 9.19. The van der Waals surface area contributed by atoms with Crippen LogP contribution in [0.15, 0.2) is 18.2 Å². The molecule has 0 amide bonds. The molecule has 1 aromatic rings. The lowest BCUT2D eigenvalue weighted by atomic mass is 9.78. The maximum absolute atomic E-state index is 9.28. The normalized spacial score (nSPS) is 29.9. The van der Waals surface area contributed by atoms with E-state index >= 15 is 0 Å². The second-order valence-electron chi connectivity index (χ2n) is 6.06. The summed E-state index contributed by atoms with van der Waals surface area (Å²) in [6, 6.07) is 8.75. The molecule has 1 heterocycles. The van der Waals surface area contributed by atoms with Crippen LogP contribution in [-0.4, -0.2) is 19.1 Å². The molecule has 0 aromatic heterocycles. The van der Waals surface area contributed by atoms with Gasteiger partial charge in [0.15, 0.2) is 0 Å². The summed E-state index contributed by atoms with van der Waals surface area (Å²) in [5.41, 5.74) is 9.38. The van der Waals surface area contributed by atoms with Crippen LogP contribution >= 0.6 is 0 Å². The van der Waals surface area contributed by atoms with Crippen molar-refractivity contribution in [3.05, 3.63) is 29.3 Å². The molecule has 1 saturated heterocycles. The molecule has 3 rings (SSSR count). The van der Waals surface area contributed by atoms with E-state index in [1.165, 1.54) is 18.4 Å². The van der Waals surface area contributed by atoms with Gasteiger partial charge in [0, 0.05) is 19.1 Å². The van der Waals surface area contributed by atoms with E-state index in [4.69, 9.17) is 5.73 Å². The molecule has 3 unspecified atom stereocenters. The van der Waals surface area contributed by atoms with Gasteiger partial charge in [-0.05, 0) is 49.3 Å². The molecule has 3 nitrogen and oxygen atoms in total. The number of fused-ring (bicyclic) bond motifs is 1. The van der Waals surface area contributed by atoms with Gasteiger partial charge < -0.3 is 10.6 Å². The number of benzene rings is 1. The standard InChI is InChI=1S/C16H21N3/c1-11-5-6-12(8-17)16(7-11)19-9-13-3-2-4-15(18)14(13)10-19/h5-7,13-15H,2-4,9-10,18H2,1H3. The Labute approximate surface area is 115 Å². The smallest absolute Gasteiger partial charge is 0.101 e. The average molecular weight is 255 g/mol. The first kappa shape index (κ1) is 12.5. The van der Waals surface area contributed by atoms with Gasteiger partial charge in [-0.15, -0.1) is 0 Å². The van der Waals surface area contributed by atoms with Gasteiger partial charge in [-0.3, -0.25) is 0 Å². The predicted molar refractivity (Wildman–Crippen MR) is 76.9 cm³/mol. The van der Waals surface area contributed by atoms with Gasteiger partial charge in [-0.1, -0.05) is 12.5 Å². The van der Waals surface area contributed by atoms with Crippen molar-refractivity contribution in [2.24, 2.45) is 17.6 Å². The van der Waals surface area contributed by atoms with E-state index in [0.29, 0.717) is 12.0 Å². The van der Waals surface area contributed by atoms with Crippen molar-refractivity contribution >= 4 is 5.69 Å². The molecule has 3 atom stereocenters. The zero-order chi connectivity index (χ0) is 13.4. The number of hydrogen-bond acceptors (Lipinski definition) is 3. The third-order valence-corrected chi connectivity index (χ3v) is 4.77. The van der Waals surface area contributed by atoms with Crippen molar-refractivity contribution in [2.45, 2.75) is 32.2 Å². The lowest BCUT2D eigenvalue weighted by molar-refractivity contribution is 0.260. The Hall–Kier alpha value is -1.53. The summed E-state index contributed by atoms with van der Waals surface area (Å²) >= 11 is 0. The Balaban J connectivity index is 1.88. The second-order valence-corrected chi connectivity index (χ2v) is 6.06. The number of rotatable bonds is 1. The zero-order valence-electron chi connectivity index (χ0n) is 11.5. The summed E-state index contributed by atoms with van der Waals surface area (Å²) in [7, 11) is 0. The Kier molecular flexibility index (Phi) is 3.20. The molecule has 0 bridgehead atoms. The molecule has 3 heteroatoms. The van der Waals surface area contributed by atoms with Gasteiger partial charge in [0.25, 0.3) is 0 Å². The monoisotopic (exact) mass is 255 g/mol. The molecular formula is C16H21N3. The first-order valence-electron chi connectivity index (χ1n) is 7.20. The van der Waals surface area contributed by atoms with E-state index in [1.807, 2.05) is 12.1 Å². The minimum absolute atomic E-state index is 0.346. The van der Waals surface area contributed by atoms with Crippen LogP contribution in [0.25, 0.3) is 0 Å². The molecule has 1 aliphatic heterocycles. The zero-order valence-corrected chi connectivity index (χ0v) is 11.5. The van der Waals surface area contributed by atoms with Crippen LogP contribution in [-0.2, 0) is 0 Å². The number of nitrogens with two attached hydrogens (primary N) is 1. The Bertz CT molecular complexity index is 517. The van der Waals surface area contributed by atoms with Crippen LogP contribution < -0.4 is 10.6 Å². The number of nitriles is 1. The van der Waals surface area contributed by atoms with Gasteiger partial charge in [-0.2, -0.15) is 5.26 Å². The second kappa shape index (κ2) is 4.86. The lowest BCUT2D eigenvalue weighted by Gasteiger charge is -2.29. The molecular weight excluding hydrogens is 234 g/mol. The lowest BCUT2D eigenvalue weighted by Crippen LogP contribution is -2.38. The molecule has 2 N–H and O–H groups in total. The Morgan fingerprint density at radius 1 is 1.32 bits per heavy atom. The van der Waals surface area contributed by atoms with E-state index in [1.54, 1.807) is 0 Å². The average Bonchev–Trinajstić information content (AvgIpc) is 2.84. The molecule has 2 aliphatic rings. The highest BCUT2D eigenvalue weighted by Crippen LogP contribution is 2.38. The summed E-state index contributed by atoms with van der Waals surface area (Å²) in [6.07, 6.45) is 3.71. The molecule has 19 heavy (non-hydrogen) atoms.